The van der Waals surface area contributed by atoms with Gasteiger partial charge in [0, 0.05) is 17.5 Å². The molecule has 0 radical (unpaired) electrons. The van der Waals surface area contributed by atoms with Gasteiger partial charge in [-0.05, 0) is 24.3 Å². The molecule has 2 rings (SSSR count). The summed E-state index contributed by atoms with van der Waals surface area (Å²) in [7, 11) is -3.46. The topological polar surface area (TPSA) is 102 Å². The van der Waals surface area contributed by atoms with E-state index in [9.17, 15) is 26.4 Å². The Hall–Kier alpha value is -2.43. The van der Waals surface area contributed by atoms with Crippen molar-refractivity contribution in [3.8, 4) is 11.4 Å². The van der Waals surface area contributed by atoms with Crippen molar-refractivity contribution in [3.05, 3.63) is 30.2 Å². The standard InChI is InChI=1S/C12H10F3N3O4S/c1-23(20,21)6-9(19)16-8-4-2-7(3-5-8)10-17-11(22-18-10)12(13,14)15/h2-5H,6H2,1H3,(H,16,19). The average molecular weight is 349 g/mol. The fraction of sp³-hybridized carbons (Fsp3) is 0.250. The number of hydrogen-bond acceptors (Lipinski definition) is 6. The molecule has 11 heteroatoms. The van der Waals surface area contributed by atoms with Crippen molar-refractivity contribution in [2.24, 2.45) is 0 Å². The Labute approximate surface area is 128 Å². The number of carbonyl (C=O) groups is 1. The highest BCUT2D eigenvalue weighted by atomic mass is 32.2. The number of anilines is 1. The van der Waals surface area contributed by atoms with E-state index in [4.69, 9.17) is 0 Å². The summed E-state index contributed by atoms with van der Waals surface area (Å²) in [6, 6.07) is 5.47. The Morgan fingerprint density at radius 3 is 2.35 bits per heavy atom. The van der Waals surface area contributed by atoms with Crippen LogP contribution in [0.25, 0.3) is 11.4 Å². The summed E-state index contributed by atoms with van der Waals surface area (Å²) in [5.41, 5.74) is 0.521. The first-order chi connectivity index (χ1) is 10.5. The van der Waals surface area contributed by atoms with Crippen LogP contribution < -0.4 is 5.32 Å². The molecule has 1 aromatic carbocycles. The lowest BCUT2D eigenvalue weighted by Crippen LogP contribution is -2.21. The van der Waals surface area contributed by atoms with Gasteiger partial charge in [-0.25, -0.2) is 8.42 Å². The summed E-state index contributed by atoms with van der Waals surface area (Å²) < 4.78 is 63.2. The number of rotatable bonds is 4. The molecule has 0 aliphatic carbocycles. The van der Waals surface area contributed by atoms with Crippen molar-refractivity contribution in [2.75, 3.05) is 17.3 Å². The Morgan fingerprint density at radius 1 is 1.26 bits per heavy atom. The van der Waals surface area contributed by atoms with Crippen molar-refractivity contribution in [3.63, 3.8) is 0 Å². The SMILES string of the molecule is CS(=O)(=O)CC(=O)Nc1ccc(-c2noc(C(F)(F)F)n2)cc1. The van der Waals surface area contributed by atoms with Gasteiger partial charge in [-0.2, -0.15) is 18.2 Å². The summed E-state index contributed by atoms with van der Waals surface area (Å²) in [5, 5.41) is 5.56. The van der Waals surface area contributed by atoms with E-state index >= 15 is 0 Å². The minimum Gasteiger partial charge on any atom is -0.329 e. The predicted octanol–water partition coefficient (Wildman–Crippen LogP) is 1.74. The lowest BCUT2D eigenvalue weighted by molar-refractivity contribution is -0.159. The zero-order valence-corrected chi connectivity index (χ0v) is 12.4. The number of amides is 1. The quantitative estimate of drug-likeness (QED) is 0.902. The van der Waals surface area contributed by atoms with Crippen LogP contribution in [0.15, 0.2) is 28.8 Å². The van der Waals surface area contributed by atoms with Crippen LogP contribution in [0.3, 0.4) is 0 Å². The van der Waals surface area contributed by atoms with Gasteiger partial charge < -0.3 is 9.84 Å². The van der Waals surface area contributed by atoms with Crippen molar-refractivity contribution in [1.82, 2.24) is 10.1 Å². The molecular formula is C12H10F3N3O4S. The third kappa shape index (κ3) is 4.77. The average Bonchev–Trinajstić information content (AvgIpc) is 2.86. The summed E-state index contributed by atoms with van der Waals surface area (Å²) in [6.07, 6.45) is -3.81. The normalized spacial score (nSPS) is 12.2. The molecule has 124 valence electrons. The largest absolute Gasteiger partial charge is 0.471 e. The Kier molecular flexibility index (Phi) is 4.41. The molecule has 0 bridgehead atoms. The molecule has 0 spiro atoms. The van der Waals surface area contributed by atoms with E-state index in [0.717, 1.165) is 6.26 Å². The van der Waals surface area contributed by atoms with Crippen LogP contribution in [0.5, 0.6) is 0 Å². The molecule has 23 heavy (non-hydrogen) atoms. The number of carbonyl (C=O) groups excluding carboxylic acids is 1. The second-order valence-electron chi connectivity index (χ2n) is 4.62. The molecule has 2 aromatic rings. The van der Waals surface area contributed by atoms with E-state index in [-0.39, 0.29) is 17.1 Å². The van der Waals surface area contributed by atoms with Crippen molar-refractivity contribution >= 4 is 21.4 Å². The number of halogens is 3. The molecule has 0 saturated heterocycles. The van der Waals surface area contributed by atoms with Gasteiger partial charge in [-0.1, -0.05) is 5.16 Å². The molecule has 0 unspecified atom stereocenters. The fourth-order valence-electron chi connectivity index (χ4n) is 1.59. The maximum absolute atomic E-state index is 12.4. The van der Waals surface area contributed by atoms with E-state index in [2.05, 4.69) is 20.0 Å². The van der Waals surface area contributed by atoms with Gasteiger partial charge in [0.25, 0.3) is 0 Å². The summed E-state index contributed by atoms with van der Waals surface area (Å²) in [6.45, 7) is 0. The number of benzene rings is 1. The van der Waals surface area contributed by atoms with Crippen LogP contribution in [0.2, 0.25) is 0 Å². The molecule has 1 N–H and O–H groups in total. The number of sulfone groups is 1. The second-order valence-corrected chi connectivity index (χ2v) is 6.76. The fourth-order valence-corrected chi connectivity index (χ4v) is 2.14. The van der Waals surface area contributed by atoms with E-state index in [1.165, 1.54) is 24.3 Å². The van der Waals surface area contributed by atoms with Crippen LogP contribution in [0, 0.1) is 0 Å². The number of nitrogens with zero attached hydrogens (tertiary/aromatic N) is 2. The maximum atomic E-state index is 12.4. The summed E-state index contributed by atoms with van der Waals surface area (Å²) in [5.74, 6) is -3.11. The molecule has 0 saturated carbocycles. The van der Waals surface area contributed by atoms with Crippen LogP contribution in [0.1, 0.15) is 5.89 Å². The zero-order chi connectivity index (χ0) is 17.3. The molecule has 7 nitrogen and oxygen atoms in total. The molecule has 1 heterocycles. The van der Waals surface area contributed by atoms with Crippen LogP contribution in [0.4, 0.5) is 18.9 Å². The van der Waals surface area contributed by atoms with E-state index in [0.29, 0.717) is 0 Å². The third-order valence-electron chi connectivity index (χ3n) is 2.49. The maximum Gasteiger partial charge on any atom is 0.471 e. The molecule has 1 aromatic heterocycles. The van der Waals surface area contributed by atoms with Crippen molar-refractivity contribution < 1.29 is 30.9 Å². The van der Waals surface area contributed by atoms with Crippen molar-refractivity contribution in [1.29, 1.82) is 0 Å². The number of aromatic nitrogens is 2. The highest BCUT2D eigenvalue weighted by Gasteiger charge is 2.38. The first-order valence-corrected chi connectivity index (χ1v) is 8.09. The lowest BCUT2D eigenvalue weighted by atomic mass is 10.2. The number of alkyl halides is 3. The second kappa shape index (κ2) is 5.99. The molecular weight excluding hydrogens is 339 g/mol. The molecule has 0 fully saturated rings. The van der Waals surface area contributed by atoms with Crippen LogP contribution >= 0.6 is 0 Å². The number of nitrogens with one attached hydrogen (secondary N) is 1. The Morgan fingerprint density at radius 2 is 1.87 bits per heavy atom. The summed E-state index contributed by atoms with van der Waals surface area (Å²) >= 11 is 0. The highest BCUT2D eigenvalue weighted by molar-refractivity contribution is 7.91. The van der Waals surface area contributed by atoms with Gasteiger partial charge in [0.05, 0.1) is 0 Å². The van der Waals surface area contributed by atoms with E-state index in [1.807, 2.05) is 0 Å². The van der Waals surface area contributed by atoms with Gasteiger partial charge in [0.2, 0.25) is 11.7 Å². The van der Waals surface area contributed by atoms with Gasteiger partial charge in [-0.3, -0.25) is 4.79 Å². The minimum absolute atomic E-state index is 0.241. The van der Waals surface area contributed by atoms with Gasteiger partial charge in [0.1, 0.15) is 5.75 Å². The molecule has 0 atom stereocenters. The highest BCUT2D eigenvalue weighted by Crippen LogP contribution is 2.29. The molecule has 0 aliphatic rings. The van der Waals surface area contributed by atoms with Crippen LogP contribution in [-0.4, -0.2) is 36.5 Å². The first-order valence-electron chi connectivity index (χ1n) is 6.03. The Balaban J connectivity index is 2.11. The molecule has 0 aliphatic heterocycles. The zero-order valence-electron chi connectivity index (χ0n) is 11.6. The monoisotopic (exact) mass is 349 g/mol. The van der Waals surface area contributed by atoms with E-state index in [1.54, 1.807) is 0 Å². The lowest BCUT2D eigenvalue weighted by Gasteiger charge is -2.04. The number of hydrogen-bond donors (Lipinski definition) is 1. The van der Waals surface area contributed by atoms with Crippen LogP contribution in [-0.2, 0) is 20.8 Å². The summed E-state index contributed by atoms with van der Waals surface area (Å²) in [4.78, 5) is 14.7. The van der Waals surface area contributed by atoms with Gasteiger partial charge in [-0.15, -0.1) is 0 Å². The van der Waals surface area contributed by atoms with Gasteiger partial charge in [0.15, 0.2) is 9.84 Å². The first kappa shape index (κ1) is 16.9. The smallest absolute Gasteiger partial charge is 0.329 e. The minimum atomic E-state index is -4.73. The van der Waals surface area contributed by atoms with E-state index < -0.39 is 33.6 Å². The third-order valence-corrected chi connectivity index (χ3v) is 3.28. The molecule has 1 amide bonds. The van der Waals surface area contributed by atoms with Crippen molar-refractivity contribution in [2.45, 2.75) is 6.18 Å². The van der Waals surface area contributed by atoms with Gasteiger partial charge >= 0.3 is 12.1 Å². The Bertz CT molecular complexity index is 813. The predicted molar refractivity (Wildman–Crippen MR) is 73.1 cm³/mol.